The van der Waals surface area contributed by atoms with E-state index in [0.29, 0.717) is 37.7 Å². The molecule has 0 bridgehead atoms. The number of nitrogens with zero attached hydrogens (tertiary/aromatic N) is 8. The van der Waals surface area contributed by atoms with E-state index in [4.69, 9.17) is 9.47 Å². The average Bonchev–Trinajstić information content (AvgIpc) is 3.81. The summed E-state index contributed by atoms with van der Waals surface area (Å²) >= 11 is 0. The fraction of sp³-hybridized carbons (Fsp3) is 0.463. The van der Waals surface area contributed by atoms with Crippen LogP contribution in [0.25, 0.3) is 5.69 Å². The summed E-state index contributed by atoms with van der Waals surface area (Å²) in [4.78, 5) is 22.0. The highest BCUT2D eigenvalue weighted by atomic mass is 19.1. The molecule has 0 radical (unpaired) electrons. The first-order valence-corrected chi connectivity index (χ1v) is 19.0. The SMILES string of the molecule is CCC[C@@H](C(C)C)n1ncn(-c2ccc(N3CCN(c4ccc(OCCOCC(CC)(Cn5cncn5)C5=CC=C(F)CC=C5F)cc4)CC3)cc2)c1=O. The maximum Gasteiger partial charge on any atom is 0.350 e. The van der Waals surface area contributed by atoms with Gasteiger partial charge in [-0.25, -0.2) is 27.8 Å². The fourth-order valence-corrected chi connectivity index (χ4v) is 7.33. The Kier molecular flexibility index (Phi) is 12.8. The molecule has 1 unspecified atom stereocenters. The minimum Gasteiger partial charge on any atom is -0.491 e. The van der Waals surface area contributed by atoms with E-state index < -0.39 is 17.1 Å². The van der Waals surface area contributed by atoms with Crippen LogP contribution in [0.2, 0.25) is 0 Å². The molecule has 54 heavy (non-hydrogen) atoms. The van der Waals surface area contributed by atoms with E-state index in [9.17, 15) is 9.18 Å². The van der Waals surface area contributed by atoms with Crippen LogP contribution in [0.1, 0.15) is 59.4 Å². The van der Waals surface area contributed by atoms with Gasteiger partial charge in [-0.15, -0.1) is 0 Å². The van der Waals surface area contributed by atoms with Gasteiger partial charge in [0, 0.05) is 49.4 Å². The van der Waals surface area contributed by atoms with Gasteiger partial charge in [-0.2, -0.15) is 10.2 Å². The summed E-state index contributed by atoms with van der Waals surface area (Å²) in [6, 6.07) is 16.3. The molecule has 11 nitrogen and oxygen atoms in total. The molecule has 0 N–H and O–H groups in total. The number of ether oxygens (including phenoxy) is 2. The first kappa shape index (κ1) is 38.7. The van der Waals surface area contributed by atoms with Gasteiger partial charge < -0.3 is 19.3 Å². The number of hydrogen-bond donors (Lipinski definition) is 0. The highest BCUT2D eigenvalue weighted by molar-refractivity contribution is 5.54. The van der Waals surface area contributed by atoms with Crippen LogP contribution in [-0.2, 0) is 11.3 Å². The van der Waals surface area contributed by atoms with Crippen LogP contribution in [0.4, 0.5) is 20.2 Å². The van der Waals surface area contributed by atoms with Crippen LogP contribution >= 0.6 is 0 Å². The minimum atomic E-state index is -0.776. The molecule has 6 rings (SSSR count). The maximum atomic E-state index is 15.2. The van der Waals surface area contributed by atoms with E-state index >= 15 is 4.39 Å². The van der Waals surface area contributed by atoms with Gasteiger partial charge in [0.05, 0.1) is 31.5 Å². The lowest BCUT2D eigenvalue weighted by Gasteiger charge is -2.37. The zero-order valence-corrected chi connectivity index (χ0v) is 31.8. The van der Waals surface area contributed by atoms with Gasteiger partial charge >= 0.3 is 5.69 Å². The normalized spacial score (nSPS) is 16.8. The van der Waals surface area contributed by atoms with Crippen molar-refractivity contribution in [1.82, 2.24) is 29.1 Å². The molecule has 288 valence electrons. The van der Waals surface area contributed by atoms with Crippen molar-refractivity contribution in [2.75, 3.05) is 55.8 Å². The molecular weight excluding hydrogens is 691 g/mol. The van der Waals surface area contributed by atoms with E-state index in [2.05, 4.69) is 70.0 Å². The zero-order chi connectivity index (χ0) is 38.1. The van der Waals surface area contributed by atoms with Gasteiger partial charge in [0.25, 0.3) is 0 Å². The maximum absolute atomic E-state index is 15.2. The predicted molar refractivity (Wildman–Crippen MR) is 208 cm³/mol. The van der Waals surface area contributed by atoms with Crippen molar-refractivity contribution in [3.05, 3.63) is 113 Å². The van der Waals surface area contributed by atoms with Crippen molar-refractivity contribution in [3.63, 3.8) is 0 Å². The molecule has 0 spiro atoms. The Hall–Kier alpha value is -5.04. The number of anilines is 2. The summed E-state index contributed by atoms with van der Waals surface area (Å²) in [6.45, 7) is 13.0. The van der Waals surface area contributed by atoms with Crippen LogP contribution in [0.3, 0.4) is 0 Å². The smallest absolute Gasteiger partial charge is 0.350 e. The second-order valence-corrected chi connectivity index (χ2v) is 14.4. The third-order valence-corrected chi connectivity index (χ3v) is 10.6. The molecule has 1 aliphatic carbocycles. The lowest BCUT2D eigenvalue weighted by Crippen LogP contribution is -2.46. The van der Waals surface area contributed by atoms with Crippen molar-refractivity contribution in [2.45, 2.75) is 66.0 Å². The molecule has 0 amide bonds. The third kappa shape index (κ3) is 9.00. The van der Waals surface area contributed by atoms with E-state index in [-0.39, 0.29) is 24.8 Å². The minimum absolute atomic E-state index is 0.0780. The number of piperazine rings is 1. The number of benzene rings is 2. The van der Waals surface area contributed by atoms with Crippen LogP contribution in [0.15, 0.2) is 108 Å². The van der Waals surface area contributed by atoms with Gasteiger partial charge in [0.15, 0.2) is 0 Å². The Morgan fingerprint density at radius 3 is 2.13 bits per heavy atom. The van der Waals surface area contributed by atoms with Gasteiger partial charge in [0.2, 0.25) is 0 Å². The third-order valence-electron chi connectivity index (χ3n) is 10.6. The topological polar surface area (TPSA) is 95.5 Å². The number of allylic oxidation sites excluding steroid dienone is 5. The van der Waals surface area contributed by atoms with Gasteiger partial charge in [-0.1, -0.05) is 40.2 Å². The van der Waals surface area contributed by atoms with E-state index in [0.717, 1.165) is 61.8 Å². The summed E-state index contributed by atoms with van der Waals surface area (Å²) in [5, 5.41) is 8.69. The highest BCUT2D eigenvalue weighted by Gasteiger charge is 2.37. The van der Waals surface area contributed by atoms with Crippen LogP contribution in [0.5, 0.6) is 5.75 Å². The summed E-state index contributed by atoms with van der Waals surface area (Å²) in [5.74, 6) is 0.229. The number of hydrogen-bond acceptors (Lipinski definition) is 8. The Morgan fingerprint density at radius 1 is 0.852 bits per heavy atom. The van der Waals surface area contributed by atoms with Crippen LogP contribution in [-0.4, -0.2) is 75.1 Å². The van der Waals surface area contributed by atoms with Crippen molar-refractivity contribution in [3.8, 4) is 11.4 Å². The van der Waals surface area contributed by atoms with Crippen molar-refractivity contribution < 1.29 is 18.3 Å². The quantitative estimate of drug-likeness (QED) is 0.103. The lowest BCUT2D eigenvalue weighted by molar-refractivity contribution is 0.0328. The molecule has 2 atom stereocenters. The van der Waals surface area contributed by atoms with Crippen molar-refractivity contribution >= 4 is 11.4 Å². The van der Waals surface area contributed by atoms with Crippen LogP contribution < -0.4 is 20.2 Å². The molecular formula is C41H52F2N8O3. The van der Waals surface area contributed by atoms with Crippen molar-refractivity contribution in [2.24, 2.45) is 11.3 Å². The summed E-state index contributed by atoms with van der Waals surface area (Å²) in [7, 11) is 0. The standard InChI is InChI=1S/C41H52F2N8O3/c1-5-7-39(31(3)4)51-40(52)50(30-46-51)35-12-10-33(11-13-35)47-20-22-48(23-21-47)34-14-16-36(17-15-34)54-25-24-53-27-41(6-2,26-49-29-44-28-45-49)37-18-8-32(42)9-19-38(37)43/h8,10-19,28-31,39H,5-7,9,20-27H2,1-4H3/t39-,41?/m0/s1. The predicted octanol–water partition coefficient (Wildman–Crippen LogP) is 7.48. The second-order valence-electron chi connectivity index (χ2n) is 14.4. The summed E-state index contributed by atoms with van der Waals surface area (Å²) in [5.41, 5.74) is 2.59. The fourth-order valence-electron chi connectivity index (χ4n) is 7.33. The summed E-state index contributed by atoms with van der Waals surface area (Å²) in [6.07, 6.45) is 11.2. The molecule has 2 aliphatic rings. The average molecular weight is 743 g/mol. The molecule has 4 aromatic rings. The van der Waals surface area contributed by atoms with Crippen LogP contribution in [0, 0.1) is 11.3 Å². The van der Waals surface area contributed by atoms with Crippen molar-refractivity contribution in [1.29, 1.82) is 0 Å². The summed E-state index contributed by atoms with van der Waals surface area (Å²) < 4.78 is 46.3. The number of rotatable bonds is 17. The molecule has 2 aromatic carbocycles. The molecule has 3 heterocycles. The molecule has 1 saturated heterocycles. The Labute approximate surface area is 316 Å². The first-order chi connectivity index (χ1) is 26.2. The molecule has 1 fully saturated rings. The van der Waals surface area contributed by atoms with E-state index in [1.54, 1.807) is 26.6 Å². The van der Waals surface area contributed by atoms with Gasteiger partial charge in [-0.3, -0.25) is 4.68 Å². The number of aromatic nitrogens is 6. The largest absolute Gasteiger partial charge is 0.491 e. The number of halogens is 2. The van der Waals surface area contributed by atoms with Gasteiger partial charge in [0.1, 0.15) is 43.0 Å². The highest BCUT2D eigenvalue weighted by Crippen LogP contribution is 2.40. The zero-order valence-electron chi connectivity index (χ0n) is 31.8. The Balaban J connectivity index is 0.982. The first-order valence-electron chi connectivity index (χ1n) is 19.0. The monoisotopic (exact) mass is 742 g/mol. The Bertz CT molecular complexity index is 1940. The van der Waals surface area contributed by atoms with Gasteiger partial charge in [-0.05, 0) is 85.0 Å². The second kappa shape index (κ2) is 17.9. The molecule has 13 heteroatoms. The van der Waals surface area contributed by atoms with E-state index in [1.165, 1.54) is 24.6 Å². The lowest BCUT2D eigenvalue weighted by atomic mass is 9.77. The Morgan fingerprint density at radius 2 is 1.52 bits per heavy atom. The molecule has 0 saturated carbocycles. The molecule has 2 aromatic heterocycles. The molecule has 1 aliphatic heterocycles. The van der Waals surface area contributed by atoms with E-state index in [1.807, 2.05) is 31.2 Å².